The number of carbonyl (C=O) groups excluding carboxylic acids is 2. The molecule has 36 heavy (non-hydrogen) atoms. The largest absolute Gasteiger partial charge is 0.306 e. The first kappa shape index (κ1) is 26.8. The number of nitrogens with zero attached hydrogens (tertiary/aromatic N) is 4. The Hall–Kier alpha value is -3.78. The number of hydrogen-bond donors (Lipinski definition) is 2. The summed E-state index contributed by atoms with van der Waals surface area (Å²) in [5.74, 6) is 0.458. The molecule has 0 radical (unpaired) electrons. The number of aryl methyl sites for hydroxylation is 1. The summed E-state index contributed by atoms with van der Waals surface area (Å²) in [6.45, 7) is 8.86. The van der Waals surface area contributed by atoms with E-state index >= 15 is 0 Å². The zero-order valence-electron chi connectivity index (χ0n) is 21.6. The summed E-state index contributed by atoms with van der Waals surface area (Å²) in [6, 6.07) is 20.3. The van der Waals surface area contributed by atoms with Crippen molar-refractivity contribution in [3.8, 4) is 11.3 Å². The van der Waals surface area contributed by atoms with Gasteiger partial charge in [-0.3, -0.25) is 5.01 Å². The topological polar surface area (TPSA) is 92.2 Å². The van der Waals surface area contributed by atoms with Gasteiger partial charge in [0.1, 0.15) is 17.3 Å². The van der Waals surface area contributed by atoms with E-state index in [2.05, 4.69) is 38.4 Å². The lowest BCUT2D eigenvalue weighted by Crippen LogP contribution is -2.38. The second-order valence-electron chi connectivity index (χ2n) is 8.95. The van der Waals surface area contributed by atoms with Gasteiger partial charge in [0.05, 0.1) is 17.1 Å². The molecule has 1 aliphatic rings. The van der Waals surface area contributed by atoms with Gasteiger partial charge >= 0.3 is 0 Å². The SMILES string of the molecule is CC(=O)CCCN1NNC(C)=C1c1ccccc1.CC(=O)CCCn1nnc(-c2ccccc2)c1C. The van der Waals surface area contributed by atoms with Crippen LogP contribution < -0.4 is 11.0 Å². The molecule has 0 saturated heterocycles. The summed E-state index contributed by atoms with van der Waals surface area (Å²) in [5.41, 5.74) is 12.7. The maximum absolute atomic E-state index is 11.0. The smallest absolute Gasteiger partial charge is 0.129 e. The van der Waals surface area contributed by atoms with Gasteiger partial charge in [0, 0.05) is 37.1 Å². The fraction of sp³-hybridized carbons (Fsp3) is 0.357. The fourth-order valence-electron chi connectivity index (χ4n) is 4.00. The van der Waals surface area contributed by atoms with Crippen molar-refractivity contribution in [2.45, 2.75) is 59.9 Å². The van der Waals surface area contributed by atoms with E-state index in [1.807, 2.05) is 67.1 Å². The van der Waals surface area contributed by atoms with Crippen LogP contribution in [0.2, 0.25) is 0 Å². The van der Waals surface area contributed by atoms with Crippen LogP contribution in [0.15, 0.2) is 66.4 Å². The highest BCUT2D eigenvalue weighted by Crippen LogP contribution is 2.24. The summed E-state index contributed by atoms with van der Waals surface area (Å²) >= 11 is 0. The van der Waals surface area contributed by atoms with Crippen molar-refractivity contribution < 1.29 is 9.59 Å². The second kappa shape index (κ2) is 13.3. The molecular weight excluding hydrogens is 452 g/mol. The molecule has 0 spiro atoms. The first-order chi connectivity index (χ1) is 17.4. The molecule has 8 nitrogen and oxygen atoms in total. The molecule has 4 rings (SSSR count). The summed E-state index contributed by atoms with van der Waals surface area (Å²) in [6.07, 6.45) is 2.89. The highest BCUT2D eigenvalue weighted by molar-refractivity contribution is 5.75. The predicted octanol–water partition coefficient (Wildman–Crippen LogP) is 4.69. The molecule has 1 aliphatic heterocycles. The Morgan fingerprint density at radius 3 is 1.94 bits per heavy atom. The predicted molar refractivity (Wildman–Crippen MR) is 142 cm³/mol. The molecule has 0 fully saturated rings. The molecule has 2 heterocycles. The van der Waals surface area contributed by atoms with Gasteiger partial charge in [-0.1, -0.05) is 65.9 Å². The Balaban J connectivity index is 0.000000201. The van der Waals surface area contributed by atoms with Crippen LogP contribution in [-0.2, 0) is 16.1 Å². The van der Waals surface area contributed by atoms with E-state index in [9.17, 15) is 9.59 Å². The van der Waals surface area contributed by atoms with Crippen molar-refractivity contribution >= 4 is 17.3 Å². The van der Waals surface area contributed by atoms with Crippen molar-refractivity contribution in [1.82, 2.24) is 31.0 Å². The quantitative estimate of drug-likeness (QED) is 0.428. The van der Waals surface area contributed by atoms with Crippen LogP contribution in [-0.4, -0.2) is 38.1 Å². The molecule has 3 aromatic rings. The summed E-state index contributed by atoms with van der Waals surface area (Å²) in [4.78, 5) is 21.9. The molecule has 2 aromatic carbocycles. The number of hydrogen-bond acceptors (Lipinski definition) is 7. The number of benzene rings is 2. The normalized spacial score (nSPS) is 12.7. The van der Waals surface area contributed by atoms with Crippen molar-refractivity contribution in [2.24, 2.45) is 0 Å². The highest BCUT2D eigenvalue weighted by atomic mass is 16.1. The van der Waals surface area contributed by atoms with Gasteiger partial charge in [-0.25, -0.2) is 4.68 Å². The number of allylic oxidation sites excluding steroid dienone is 1. The summed E-state index contributed by atoms with van der Waals surface area (Å²) < 4.78 is 1.87. The molecule has 0 aliphatic carbocycles. The molecule has 2 N–H and O–H groups in total. The minimum absolute atomic E-state index is 0.219. The minimum atomic E-state index is 0.219. The Morgan fingerprint density at radius 2 is 1.36 bits per heavy atom. The summed E-state index contributed by atoms with van der Waals surface area (Å²) in [5, 5.41) is 10.4. The molecule has 8 heteroatoms. The molecule has 0 saturated carbocycles. The van der Waals surface area contributed by atoms with Gasteiger partial charge < -0.3 is 15.0 Å². The monoisotopic (exact) mass is 488 g/mol. The van der Waals surface area contributed by atoms with Crippen molar-refractivity contribution in [1.29, 1.82) is 0 Å². The Kier molecular flexibility index (Phi) is 9.94. The van der Waals surface area contributed by atoms with Crippen molar-refractivity contribution in [3.05, 3.63) is 77.6 Å². The number of rotatable bonds is 10. The minimum Gasteiger partial charge on any atom is -0.306 e. The maximum Gasteiger partial charge on any atom is 0.129 e. The number of nitrogens with one attached hydrogen (secondary N) is 2. The standard InChI is InChI=1S/C14H17N3O.C14H19N3O/c1-11(18)7-6-10-17-12(2)14(15-16-17)13-8-4-3-5-9-13;1-11(18)7-6-10-17-14(12(2)15-16-17)13-8-4-3-5-9-13/h3-5,8-9H,6-7,10H2,1-2H3;3-5,8-9,15-16H,6-7,10H2,1-2H3. The zero-order valence-corrected chi connectivity index (χ0v) is 21.6. The molecule has 0 amide bonds. The van der Waals surface area contributed by atoms with Crippen LogP contribution in [0, 0.1) is 6.92 Å². The first-order valence-corrected chi connectivity index (χ1v) is 12.4. The lowest BCUT2D eigenvalue weighted by molar-refractivity contribution is -0.118. The average Bonchev–Trinajstić information content (AvgIpc) is 3.42. The Morgan fingerprint density at radius 1 is 0.806 bits per heavy atom. The second-order valence-corrected chi connectivity index (χ2v) is 8.95. The number of ketones is 2. The molecule has 0 atom stereocenters. The third-order valence-electron chi connectivity index (χ3n) is 5.89. The van der Waals surface area contributed by atoms with Crippen molar-refractivity contribution in [2.75, 3.05) is 6.54 Å². The van der Waals surface area contributed by atoms with E-state index < -0.39 is 0 Å². The van der Waals surface area contributed by atoms with E-state index in [1.165, 1.54) is 5.56 Å². The van der Waals surface area contributed by atoms with Crippen LogP contribution in [0.1, 0.15) is 57.7 Å². The molecule has 0 unspecified atom stereocenters. The van der Waals surface area contributed by atoms with Gasteiger partial charge in [0.15, 0.2) is 0 Å². The highest BCUT2D eigenvalue weighted by Gasteiger charge is 2.20. The molecule has 190 valence electrons. The van der Waals surface area contributed by atoms with Crippen LogP contribution in [0.25, 0.3) is 17.0 Å². The Labute approximate surface area is 213 Å². The maximum atomic E-state index is 11.0. The summed E-state index contributed by atoms with van der Waals surface area (Å²) in [7, 11) is 0. The van der Waals surface area contributed by atoms with E-state index in [0.29, 0.717) is 12.8 Å². The Bertz CT molecular complexity index is 1170. The third kappa shape index (κ3) is 7.61. The van der Waals surface area contributed by atoms with Crippen LogP contribution >= 0.6 is 0 Å². The molecule has 0 bridgehead atoms. The van der Waals surface area contributed by atoms with E-state index in [-0.39, 0.29) is 11.6 Å². The van der Waals surface area contributed by atoms with Gasteiger partial charge in [-0.15, -0.1) is 10.6 Å². The number of aromatic nitrogens is 3. The van der Waals surface area contributed by atoms with Gasteiger partial charge in [0.25, 0.3) is 0 Å². The molecular formula is C28H36N6O2. The first-order valence-electron chi connectivity index (χ1n) is 12.4. The molecule has 1 aromatic heterocycles. The van der Waals surface area contributed by atoms with Crippen LogP contribution in [0.3, 0.4) is 0 Å². The van der Waals surface area contributed by atoms with E-state index in [1.54, 1.807) is 13.8 Å². The van der Waals surface area contributed by atoms with Gasteiger partial charge in [-0.2, -0.15) is 0 Å². The number of hydrazine groups is 2. The van der Waals surface area contributed by atoms with Gasteiger partial charge in [0.2, 0.25) is 0 Å². The lowest BCUT2D eigenvalue weighted by atomic mass is 10.1. The fourth-order valence-corrected chi connectivity index (χ4v) is 4.00. The van der Waals surface area contributed by atoms with Crippen LogP contribution in [0.5, 0.6) is 0 Å². The lowest BCUT2D eigenvalue weighted by Gasteiger charge is -2.21. The average molecular weight is 489 g/mol. The number of carbonyl (C=O) groups is 2. The van der Waals surface area contributed by atoms with Crippen LogP contribution in [0.4, 0.5) is 0 Å². The van der Waals surface area contributed by atoms with E-state index in [0.717, 1.165) is 54.3 Å². The van der Waals surface area contributed by atoms with E-state index in [4.69, 9.17) is 0 Å². The van der Waals surface area contributed by atoms with Crippen molar-refractivity contribution in [3.63, 3.8) is 0 Å². The third-order valence-corrected chi connectivity index (χ3v) is 5.89. The van der Waals surface area contributed by atoms with Gasteiger partial charge in [-0.05, 0) is 40.5 Å². The zero-order chi connectivity index (χ0) is 25.9. The number of Topliss-reactive ketones (excluding diaryl/α,β-unsaturated/α-hetero) is 2.